The molecule has 0 unspecified atom stereocenters. The molecular formula is C10H13N5O4S. The maximum atomic E-state index is 11.7. The van der Waals surface area contributed by atoms with Gasteiger partial charge in [0.2, 0.25) is 5.95 Å². The molecule has 9 nitrogen and oxygen atoms in total. The Morgan fingerprint density at radius 2 is 2.50 bits per heavy atom. The molecule has 0 aromatic carbocycles. The second-order valence-electron chi connectivity index (χ2n) is 4.50. The fraction of sp³-hybridized carbons (Fsp3) is 0.500. The standard InChI is InChI=1S/C10H13N5O4S/c11-10-13-8-7(9(17)14-10)12-3-15(8)6-1-4(16)5(19-6)2-18-20/h3-6,16,20H,1-2H2,(H3,11,13,14,17)/t4-,5+,6+/m0/s1. The van der Waals surface area contributed by atoms with E-state index in [4.69, 9.17) is 10.5 Å². The number of aliphatic hydroxyl groups excluding tert-OH is 1. The molecule has 1 saturated heterocycles. The largest absolute Gasteiger partial charge is 0.390 e. The normalized spacial score (nSPS) is 26.4. The van der Waals surface area contributed by atoms with Gasteiger partial charge in [-0.1, -0.05) is 0 Å². The smallest absolute Gasteiger partial charge is 0.280 e. The number of nitrogens with two attached hydrogens (primary N) is 1. The van der Waals surface area contributed by atoms with Crippen molar-refractivity contribution in [2.75, 3.05) is 12.3 Å². The van der Waals surface area contributed by atoms with Crippen LogP contribution in [-0.2, 0) is 8.92 Å². The van der Waals surface area contributed by atoms with Gasteiger partial charge in [-0.05, 0) is 12.9 Å². The van der Waals surface area contributed by atoms with E-state index in [-0.39, 0.29) is 18.1 Å². The van der Waals surface area contributed by atoms with Gasteiger partial charge in [0.25, 0.3) is 5.56 Å². The highest BCUT2D eigenvalue weighted by Gasteiger charge is 2.36. The van der Waals surface area contributed by atoms with E-state index in [1.807, 2.05) is 0 Å². The highest BCUT2D eigenvalue weighted by atomic mass is 32.1. The monoisotopic (exact) mass is 299 g/mol. The summed E-state index contributed by atoms with van der Waals surface area (Å²) < 4.78 is 11.9. The van der Waals surface area contributed by atoms with Crippen molar-refractivity contribution in [2.45, 2.75) is 24.9 Å². The van der Waals surface area contributed by atoms with Crippen LogP contribution in [0.4, 0.5) is 5.95 Å². The number of anilines is 1. The Bertz CT molecular complexity index is 686. The van der Waals surface area contributed by atoms with E-state index in [0.29, 0.717) is 12.1 Å². The van der Waals surface area contributed by atoms with Gasteiger partial charge in [-0.15, -0.1) is 0 Å². The Morgan fingerprint density at radius 3 is 3.25 bits per heavy atom. The zero-order valence-corrected chi connectivity index (χ0v) is 11.2. The van der Waals surface area contributed by atoms with Crippen LogP contribution in [0.3, 0.4) is 0 Å². The van der Waals surface area contributed by atoms with Crippen molar-refractivity contribution in [1.82, 2.24) is 19.5 Å². The van der Waals surface area contributed by atoms with Crippen molar-refractivity contribution in [2.24, 2.45) is 0 Å². The van der Waals surface area contributed by atoms with E-state index in [1.54, 1.807) is 4.57 Å². The second-order valence-corrected chi connectivity index (χ2v) is 4.76. The number of aromatic nitrogens is 4. The Kier molecular flexibility index (Phi) is 3.38. The summed E-state index contributed by atoms with van der Waals surface area (Å²) in [5.41, 5.74) is 5.60. The quantitative estimate of drug-likeness (QED) is 0.432. The molecule has 0 radical (unpaired) electrons. The lowest BCUT2D eigenvalue weighted by molar-refractivity contribution is -0.0346. The second kappa shape index (κ2) is 5.05. The zero-order chi connectivity index (χ0) is 14.3. The summed E-state index contributed by atoms with van der Waals surface area (Å²) in [7, 11) is 0. The molecule has 1 aliphatic heterocycles. The van der Waals surface area contributed by atoms with Crippen molar-refractivity contribution in [3.63, 3.8) is 0 Å². The van der Waals surface area contributed by atoms with Gasteiger partial charge in [0.15, 0.2) is 11.2 Å². The number of hydrogen-bond acceptors (Lipinski definition) is 8. The number of aliphatic hydroxyl groups is 1. The average molecular weight is 299 g/mol. The van der Waals surface area contributed by atoms with E-state index in [0.717, 1.165) is 0 Å². The molecule has 108 valence electrons. The van der Waals surface area contributed by atoms with Crippen LogP contribution in [-0.4, -0.2) is 43.4 Å². The Morgan fingerprint density at radius 1 is 1.70 bits per heavy atom. The topological polar surface area (TPSA) is 128 Å². The summed E-state index contributed by atoms with van der Waals surface area (Å²) in [6.45, 7) is 0.156. The van der Waals surface area contributed by atoms with Gasteiger partial charge < -0.3 is 19.8 Å². The van der Waals surface area contributed by atoms with Crippen LogP contribution in [0.1, 0.15) is 12.6 Å². The maximum Gasteiger partial charge on any atom is 0.280 e. The first-order valence-corrected chi connectivity index (χ1v) is 6.29. The van der Waals surface area contributed by atoms with E-state index in [2.05, 4.69) is 32.0 Å². The summed E-state index contributed by atoms with van der Waals surface area (Å²) in [5, 5.41) is 9.88. The SMILES string of the molecule is Nc1nc2c(ncn2[C@H]2C[C@H](O)[C@@H](COS)O2)c(=O)[nH]1. The minimum atomic E-state index is -0.691. The number of H-pyrrole nitrogens is 1. The molecule has 1 aliphatic rings. The van der Waals surface area contributed by atoms with Crippen LogP contribution in [0.2, 0.25) is 0 Å². The van der Waals surface area contributed by atoms with Crippen LogP contribution >= 0.6 is 12.9 Å². The predicted molar refractivity (Wildman–Crippen MR) is 72.0 cm³/mol. The van der Waals surface area contributed by atoms with Crippen molar-refractivity contribution < 1.29 is 14.0 Å². The lowest BCUT2D eigenvalue weighted by Crippen LogP contribution is -2.24. The highest BCUT2D eigenvalue weighted by Crippen LogP contribution is 2.30. The fourth-order valence-electron chi connectivity index (χ4n) is 2.26. The number of nitrogen functional groups attached to an aromatic ring is 1. The third-order valence-corrected chi connectivity index (χ3v) is 3.35. The first kappa shape index (κ1) is 13.4. The number of hydrogen-bond donors (Lipinski definition) is 4. The molecule has 20 heavy (non-hydrogen) atoms. The predicted octanol–water partition coefficient (Wildman–Crippen LogP) is -0.788. The van der Waals surface area contributed by atoms with Gasteiger partial charge in [-0.25, -0.2) is 4.98 Å². The van der Waals surface area contributed by atoms with Gasteiger partial charge in [-0.3, -0.25) is 14.3 Å². The van der Waals surface area contributed by atoms with Crippen LogP contribution in [0.5, 0.6) is 0 Å². The van der Waals surface area contributed by atoms with Gasteiger partial charge in [0.1, 0.15) is 12.3 Å². The summed E-state index contributed by atoms with van der Waals surface area (Å²) in [5.74, 6) is -0.00182. The number of rotatable bonds is 3. The van der Waals surface area contributed by atoms with E-state index >= 15 is 0 Å². The van der Waals surface area contributed by atoms with Crippen LogP contribution in [0.25, 0.3) is 11.2 Å². The molecule has 0 amide bonds. The van der Waals surface area contributed by atoms with Crippen molar-refractivity contribution in [3.05, 3.63) is 16.7 Å². The fourth-order valence-corrected chi connectivity index (χ4v) is 2.41. The number of nitrogens with zero attached hydrogens (tertiary/aromatic N) is 3. The molecule has 3 rings (SSSR count). The van der Waals surface area contributed by atoms with E-state index in [1.165, 1.54) is 6.33 Å². The molecule has 3 heterocycles. The third kappa shape index (κ3) is 2.16. The number of nitrogens with one attached hydrogen (secondary N) is 1. The van der Waals surface area contributed by atoms with E-state index in [9.17, 15) is 9.90 Å². The van der Waals surface area contributed by atoms with Gasteiger partial charge in [0.05, 0.1) is 19.0 Å². The molecular weight excluding hydrogens is 286 g/mol. The maximum absolute atomic E-state index is 11.7. The minimum absolute atomic E-state index is 0.00182. The first-order valence-electron chi connectivity index (χ1n) is 5.92. The third-order valence-electron chi connectivity index (χ3n) is 3.20. The number of ether oxygens (including phenoxy) is 1. The molecule has 4 N–H and O–H groups in total. The molecule has 2 aromatic rings. The molecule has 2 aromatic heterocycles. The molecule has 3 atom stereocenters. The first-order chi connectivity index (χ1) is 9.60. The molecule has 10 heteroatoms. The van der Waals surface area contributed by atoms with Crippen LogP contribution < -0.4 is 11.3 Å². The van der Waals surface area contributed by atoms with Gasteiger partial charge >= 0.3 is 0 Å². The molecule has 0 aliphatic carbocycles. The van der Waals surface area contributed by atoms with E-state index < -0.39 is 24.0 Å². The van der Waals surface area contributed by atoms with Crippen molar-refractivity contribution in [1.29, 1.82) is 0 Å². The summed E-state index contributed by atoms with van der Waals surface area (Å²) in [6.07, 6.45) is 0.102. The number of fused-ring (bicyclic) bond motifs is 1. The van der Waals surface area contributed by atoms with Gasteiger partial charge in [0, 0.05) is 6.42 Å². The van der Waals surface area contributed by atoms with Crippen LogP contribution in [0.15, 0.2) is 11.1 Å². The Balaban J connectivity index is 1.98. The van der Waals surface area contributed by atoms with Crippen molar-refractivity contribution in [3.8, 4) is 0 Å². The molecule has 0 bridgehead atoms. The molecule has 0 spiro atoms. The minimum Gasteiger partial charge on any atom is -0.390 e. The number of aromatic amines is 1. The number of imidazole rings is 1. The molecule has 0 saturated carbocycles. The Hall–Kier alpha value is -1.62. The highest BCUT2D eigenvalue weighted by molar-refractivity contribution is 7.75. The average Bonchev–Trinajstić information content (AvgIpc) is 2.94. The lowest BCUT2D eigenvalue weighted by Gasteiger charge is -2.14. The van der Waals surface area contributed by atoms with Crippen LogP contribution in [0, 0.1) is 0 Å². The molecule has 1 fully saturated rings. The Labute approximate surface area is 118 Å². The lowest BCUT2D eigenvalue weighted by atomic mass is 10.2. The summed E-state index contributed by atoms with van der Waals surface area (Å²) in [6, 6.07) is 0. The summed E-state index contributed by atoms with van der Waals surface area (Å²) >= 11 is 3.64. The summed E-state index contributed by atoms with van der Waals surface area (Å²) in [4.78, 5) is 22.1. The number of thiol groups is 1. The van der Waals surface area contributed by atoms with Crippen molar-refractivity contribution >= 4 is 30.0 Å². The van der Waals surface area contributed by atoms with Gasteiger partial charge in [-0.2, -0.15) is 4.98 Å². The zero-order valence-electron chi connectivity index (χ0n) is 10.3.